The van der Waals surface area contributed by atoms with E-state index in [0.29, 0.717) is 0 Å². The molecule has 1 saturated carbocycles. The topological polar surface area (TPSA) is 109 Å². The standard InChI is InChI=1S/C9H18N2O4S/c10-7-3-1-4-8(7)11-16(14,15)6-2-5-9(12)13/h7-8,11H,1-6,10H2,(H,12,13). The third kappa shape index (κ3) is 4.46. The van der Waals surface area contributed by atoms with Gasteiger partial charge < -0.3 is 10.8 Å². The van der Waals surface area contributed by atoms with Gasteiger partial charge in [-0.25, -0.2) is 13.1 Å². The highest BCUT2D eigenvalue weighted by molar-refractivity contribution is 7.89. The molecule has 0 bridgehead atoms. The number of rotatable bonds is 6. The van der Waals surface area contributed by atoms with Gasteiger partial charge in [0.15, 0.2) is 0 Å². The average molecular weight is 250 g/mol. The Morgan fingerprint density at radius 2 is 2.12 bits per heavy atom. The molecule has 0 spiro atoms. The van der Waals surface area contributed by atoms with Crippen LogP contribution in [0, 0.1) is 0 Å². The summed E-state index contributed by atoms with van der Waals surface area (Å²) in [6, 6.07) is -0.302. The van der Waals surface area contributed by atoms with Gasteiger partial charge in [-0.1, -0.05) is 6.42 Å². The largest absolute Gasteiger partial charge is 0.481 e. The molecule has 1 rings (SSSR count). The van der Waals surface area contributed by atoms with Gasteiger partial charge >= 0.3 is 5.97 Å². The predicted octanol–water partition coefficient (Wildman–Crippen LogP) is -0.350. The normalized spacial score (nSPS) is 25.8. The number of sulfonamides is 1. The predicted molar refractivity (Wildman–Crippen MR) is 59.4 cm³/mol. The van der Waals surface area contributed by atoms with E-state index in [1.807, 2.05) is 0 Å². The highest BCUT2D eigenvalue weighted by Gasteiger charge is 2.27. The lowest BCUT2D eigenvalue weighted by atomic mass is 10.2. The van der Waals surface area contributed by atoms with Gasteiger partial charge in [0.1, 0.15) is 0 Å². The molecule has 1 aliphatic rings. The molecule has 1 aliphatic carbocycles. The number of carboxylic acids is 1. The van der Waals surface area contributed by atoms with Gasteiger partial charge in [0.25, 0.3) is 0 Å². The number of nitrogens with one attached hydrogen (secondary N) is 1. The van der Waals surface area contributed by atoms with Crippen LogP contribution in [-0.4, -0.2) is 37.3 Å². The molecule has 1 fully saturated rings. The summed E-state index contributed by atoms with van der Waals surface area (Å²) in [6.07, 6.45) is 2.54. The molecule has 94 valence electrons. The molecule has 0 heterocycles. The monoisotopic (exact) mass is 250 g/mol. The van der Waals surface area contributed by atoms with E-state index in [1.54, 1.807) is 0 Å². The Bertz CT molecular complexity index is 341. The Morgan fingerprint density at radius 1 is 1.44 bits per heavy atom. The minimum absolute atomic E-state index is 0.116. The first-order valence-electron chi connectivity index (χ1n) is 5.38. The summed E-state index contributed by atoms with van der Waals surface area (Å²) in [5.41, 5.74) is 5.74. The number of nitrogens with two attached hydrogens (primary N) is 1. The van der Waals surface area contributed by atoms with Crippen molar-refractivity contribution in [2.45, 2.75) is 44.2 Å². The van der Waals surface area contributed by atoms with Crippen LogP contribution in [0.3, 0.4) is 0 Å². The van der Waals surface area contributed by atoms with Crippen molar-refractivity contribution in [1.29, 1.82) is 0 Å². The van der Waals surface area contributed by atoms with Crippen molar-refractivity contribution in [3.8, 4) is 0 Å². The maximum Gasteiger partial charge on any atom is 0.303 e. The maximum absolute atomic E-state index is 11.6. The van der Waals surface area contributed by atoms with Gasteiger partial charge in [0.05, 0.1) is 5.75 Å². The van der Waals surface area contributed by atoms with Crippen LogP contribution in [0.1, 0.15) is 32.1 Å². The first-order chi connectivity index (χ1) is 7.41. The lowest BCUT2D eigenvalue weighted by Gasteiger charge is -2.16. The van der Waals surface area contributed by atoms with Crippen LogP contribution in [0.15, 0.2) is 0 Å². The number of hydrogen-bond acceptors (Lipinski definition) is 4. The average Bonchev–Trinajstić information content (AvgIpc) is 2.50. The summed E-state index contributed by atoms with van der Waals surface area (Å²) in [4.78, 5) is 10.2. The number of carbonyl (C=O) groups is 1. The van der Waals surface area contributed by atoms with E-state index >= 15 is 0 Å². The van der Waals surface area contributed by atoms with Gasteiger partial charge in [-0.15, -0.1) is 0 Å². The Morgan fingerprint density at radius 3 is 2.62 bits per heavy atom. The van der Waals surface area contributed by atoms with Gasteiger partial charge in [0, 0.05) is 18.5 Å². The van der Waals surface area contributed by atoms with Crippen molar-refractivity contribution < 1.29 is 18.3 Å². The fourth-order valence-corrected chi connectivity index (χ4v) is 3.23. The molecule has 0 amide bonds. The zero-order valence-electron chi connectivity index (χ0n) is 9.05. The molecule has 0 saturated heterocycles. The molecule has 0 radical (unpaired) electrons. The fraction of sp³-hybridized carbons (Fsp3) is 0.889. The summed E-state index contributed by atoms with van der Waals surface area (Å²) < 4.78 is 25.6. The Hall–Kier alpha value is -0.660. The minimum atomic E-state index is -3.39. The Kier molecular flexibility index (Phi) is 4.69. The Labute approximate surface area is 95.3 Å². The molecule has 16 heavy (non-hydrogen) atoms. The van der Waals surface area contributed by atoms with Crippen molar-refractivity contribution in [3.63, 3.8) is 0 Å². The second-order valence-electron chi connectivity index (χ2n) is 4.14. The first kappa shape index (κ1) is 13.4. The van der Waals surface area contributed by atoms with E-state index < -0.39 is 16.0 Å². The van der Waals surface area contributed by atoms with Crippen LogP contribution in [0.25, 0.3) is 0 Å². The highest BCUT2D eigenvalue weighted by atomic mass is 32.2. The first-order valence-corrected chi connectivity index (χ1v) is 7.03. The van der Waals surface area contributed by atoms with Crippen molar-refractivity contribution in [1.82, 2.24) is 4.72 Å². The molecular formula is C9H18N2O4S. The molecular weight excluding hydrogens is 232 g/mol. The second-order valence-corrected chi connectivity index (χ2v) is 6.01. The van der Waals surface area contributed by atoms with E-state index in [-0.39, 0.29) is 30.7 Å². The third-order valence-corrected chi connectivity index (χ3v) is 4.19. The third-order valence-electron chi connectivity index (χ3n) is 2.70. The smallest absolute Gasteiger partial charge is 0.303 e. The van der Waals surface area contributed by atoms with E-state index in [9.17, 15) is 13.2 Å². The van der Waals surface area contributed by atoms with Crippen molar-refractivity contribution in [2.24, 2.45) is 5.73 Å². The summed E-state index contributed by atoms with van der Waals surface area (Å²) in [5, 5.41) is 8.40. The molecule has 0 aromatic rings. The van der Waals surface area contributed by atoms with Crippen LogP contribution < -0.4 is 10.5 Å². The SMILES string of the molecule is NC1CCCC1NS(=O)(=O)CCCC(=O)O. The second kappa shape index (κ2) is 5.60. The minimum Gasteiger partial charge on any atom is -0.481 e. The van der Waals surface area contributed by atoms with Crippen LogP contribution in [-0.2, 0) is 14.8 Å². The number of hydrogen-bond donors (Lipinski definition) is 3. The maximum atomic E-state index is 11.6. The van der Waals surface area contributed by atoms with Crippen molar-refractivity contribution in [3.05, 3.63) is 0 Å². The number of carboxylic acid groups (broad SMARTS) is 1. The van der Waals surface area contributed by atoms with Gasteiger partial charge in [-0.2, -0.15) is 0 Å². The number of aliphatic carboxylic acids is 1. The van der Waals surface area contributed by atoms with E-state index in [2.05, 4.69) is 4.72 Å². The van der Waals surface area contributed by atoms with Crippen LogP contribution in [0.4, 0.5) is 0 Å². The molecule has 4 N–H and O–H groups in total. The molecule has 0 aliphatic heterocycles. The van der Waals surface area contributed by atoms with Gasteiger partial charge in [0.2, 0.25) is 10.0 Å². The summed E-state index contributed by atoms with van der Waals surface area (Å²) in [6.45, 7) is 0. The lowest BCUT2D eigenvalue weighted by Crippen LogP contribution is -2.44. The van der Waals surface area contributed by atoms with E-state index in [1.165, 1.54) is 0 Å². The highest BCUT2D eigenvalue weighted by Crippen LogP contribution is 2.17. The van der Waals surface area contributed by atoms with Crippen LogP contribution in [0.2, 0.25) is 0 Å². The van der Waals surface area contributed by atoms with Gasteiger partial charge in [-0.05, 0) is 19.3 Å². The van der Waals surface area contributed by atoms with E-state index in [0.717, 1.165) is 19.3 Å². The molecule has 0 aromatic carbocycles. The van der Waals surface area contributed by atoms with Crippen molar-refractivity contribution in [2.75, 3.05) is 5.75 Å². The summed E-state index contributed by atoms with van der Waals surface area (Å²) >= 11 is 0. The molecule has 0 aromatic heterocycles. The van der Waals surface area contributed by atoms with Crippen LogP contribution >= 0.6 is 0 Å². The summed E-state index contributed by atoms with van der Waals surface area (Å²) in [5.74, 6) is -1.13. The quantitative estimate of drug-likeness (QED) is 0.597. The Balaban J connectivity index is 2.36. The van der Waals surface area contributed by atoms with Gasteiger partial charge in [-0.3, -0.25) is 4.79 Å². The zero-order chi connectivity index (χ0) is 12.2. The molecule has 2 atom stereocenters. The lowest BCUT2D eigenvalue weighted by molar-refractivity contribution is -0.137. The fourth-order valence-electron chi connectivity index (χ4n) is 1.84. The molecule has 6 nitrogen and oxygen atoms in total. The van der Waals surface area contributed by atoms with Crippen LogP contribution in [0.5, 0.6) is 0 Å². The van der Waals surface area contributed by atoms with Crippen molar-refractivity contribution >= 4 is 16.0 Å². The summed E-state index contributed by atoms with van der Waals surface area (Å²) in [7, 11) is -3.39. The zero-order valence-corrected chi connectivity index (χ0v) is 9.87. The molecule has 2 unspecified atom stereocenters. The van der Waals surface area contributed by atoms with E-state index in [4.69, 9.17) is 10.8 Å². The molecule has 7 heteroatoms.